The Morgan fingerprint density at radius 3 is 2.76 bits per heavy atom. The predicted molar refractivity (Wildman–Crippen MR) is 85.7 cm³/mol. The number of ether oxygens (including phenoxy) is 1. The molecule has 4 nitrogen and oxygen atoms in total. The van der Waals surface area contributed by atoms with Crippen molar-refractivity contribution in [3.05, 3.63) is 36.1 Å². The molecular weight excluding hydrogens is 284 g/mol. The van der Waals surface area contributed by atoms with Crippen molar-refractivity contribution >= 4 is 11.8 Å². The van der Waals surface area contributed by atoms with Crippen LogP contribution in [0.5, 0.6) is 5.75 Å². The minimum Gasteiger partial charge on any atom is -0.497 e. The van der Waals surface area contributed by atoms with Gasteiger partial charge >= 0.3 is 0 Å². The molecule has 21 heavy (non-hydrogen) atoms. The Morgan fingerprint density at radius 2 is 2.05 bits per heavy atom. The molecule has 0 saturated carbocycles. The van der Waals surface area contributed by atoms with Crippen molar-refractivity contribution in [3.63, 3.8) is 0 Å². The number of hydrogen-bond acceptors (Lipinski definition) is 5. The lowest BCUT2D eigenvalue weighted by atomic mass is 10.1. The summed E-state index contributed by atoms with van der Waals surface area (Å²) in [4.78, 5) is 0. The highest BCUT2D eigenvalue weighted by Gasteiger charge is 2.14. The molecule has 0 bridgehead atoms. The molecule has 0 atom stereocenters. The summed E-state index contributed by atoms with van der Waals surface area (Å²) in [5.41, 5.74) is 1.91. The standard InChI is InChI=1S/C16H20N2O2S/c1-19-14-4-2-12(3-5-14)16-10-15(20-18-16)11-17-13-6-8-21-9-7-13/h2-5,10,13,17H,6-9,11H2,1H3. The number of thioether (sulfide) groups is 1. The monoisotopic (exact) mass is 304 g/mol. The Balaban J connectivity index is 1.59. The SMILES string of the molecule is COc1ccc(-c2cc(CNC3CCSCC3)on2)cc1. The normalized spacial score (nSPS) is 16.0. The summed E-state index contributed by atoms with van der Waals surface area (Å²) in [6.07, 6.45) is 2.48. The molecule has 1 fully saturated rings. The summed E-state index contributed by atoms with van der Waals surface area (Å²) >= 11 is 2.04. The smallest absolute Gasteiger partial charge is 0.151 e. The predicted octanol–water partition coefficient (Wildman–Crippen LogP) is 3.34. The van der Waals surface area contributed by atoms with Crippen LogP contribution in [0.3, 0.4) is 0 Å². The quantitative estimate of drug-likeness (QED) is 0.918. The zero-order chi connectivity index (χ0) is 14.5. The highest BCUT2D eigenvalue weighted by atomic mass is 32.2. The van der Waals surface area contributed by atoms with Crippen LogP contribution in [0, 0.1) is 0 Å². The number of benzene rings is 1. The molecule has 0 spiro atoms. The molecule has 1 saturated heterocycles. The van der Waals surface area contributed by atoms with Gasteiger partial charge in [0.15, 0.2) is 5.76 Å². The second kappa shape index (κ2) is 7.00. The minimum absolute atomic E-state index is 0.612. The molecule has 0 unspecified atom stereocenters. The third-order valence-corrected chi connectivity index (χ3v) is 4.78. The maximum absolute atomic E-state index is 5.42. The number of aromatic nitrogens is 1. The summed E-state index contributed by atoms with van der Waals surface area (Å²) in [6.45, 7) is 0.749. The van der Waals surface area contributed by atoms with Crippen LogP contribution in [0.2, 0.25) is 0 Å². The van der Waals surface area contributed by atoms with E-state index in [0.29, 0.717) is 6.04 Å². The van der Waals surface area contributed by atoms with Gasteiger partial charge in [-0.3, -0.25) is 0 Å². The Labute approximate surface area is 129 Å². The molecule has 1 aromatic carbocycles. The Hall–Kier alpha value is -1.46. The highest BCUT2D eigenvalue weighted by Crippen LogP contribution is 2.22. The molecule has 0 amide bonds. The van der Waals surface area contributed by atoms with Crippen molar-refractivity contribution in [2.75, 3.05) is 18.6 Å². The number of rotatable bonds is 5. The van der Waals surface area contributed by atoms with Crippen LogP contribution >= 0.6 is 11.8 Å². The zero-order valence-corrected chi connectivity index (χ0v) is 13.0. The van der Waals surface area contributed by atoms with Gasteiger partial charge in [-0.1, -0.05) is 5.16 Å². The fourth-order valence-corrected chi connectivity index (χ4v) is 3.55. The molecule has 0 radical (unpaired) electrons. The molecule has 1 aliphatic heterocycles. The average Bonchev–Trinajstić information content (AvgIpc) is 3.03. The van der Waals surface area contributed by atoms with E-state index in [9.17, 15) is 0 Å². The van der Waals surface area contributed by atoms with E-state index in [4.69, 9.17) is 9.26 Å². The van der Waals surface area contributed by atoms with Crippen LogP contribution in [0.4, 0.5) is 0 Å². The first-order valence-electron chi connectivity index (χ1n) is 7.26. The molecule has 1 aromatic heterocycles. The minimum atomic E-state index is 0.612. The van der Waals surface area contributed by atoms with E-state index in [1.165, 1.54) is 24.3 Å². The third-order valence-electron chi connectivity index (χ3n) is 3.73. The van der Waals surface area contributed by atoms with Gasteiger partial charge in [-0.05, 0) is 48.6 Å². The topological polar surface area (TPSA) is 47.3 Å². The van der Waals surface area contributed by atoms with Gasteiger partial charge < -0.3 is 14.6 Å². The largest absolute Gasteiger partial charge is 0.497 e. The maximum atomic E-state index is 5.42. The fourth-order valence-electron chi connectivity index (χ4n) is 2.44. The van der Waals surface area contributed by atoms with Crippen LogP contribution < -0.4 is 10.1 Å². The van der Waals surface area contributed by atoms with E-state index in [1.54, 1.807) is 7.11 Å². The lowest BCUT2D eigenvalue weighted by molar-refractivity contribution is 0.359. The lowest BCUT2D eigenvalue weighted by Crippen LogP contribution is -2.31. The van der Waals surface area contributed by atoms with Crippen molar-refractivity contribution < 1.29 is 9.26 Å². The van der Waals surface area contributed by atoms with Crippen LogP contribution in [0.15, 0.2) is 34.9 Å². The summed E-state index contributed by atoms with van der Waals surface area (Å²) in [5, 5.41) is 7.70. The van der Waals surface area contributed by atoms with Gasteiger partial charge in [0.1, 0.15) is 11.4 Å². The Kier molecular flexibility index (Phi) is 4.83. The zero-order valence-electron chi connectivity index (χ0n) is 12.2. The number of hydrogen-bond donors (Lipinski definition) is 1. The molecule has 5 heteroatoms. The third kappa shape index (κ3) is 3.80. The van der Waals surface area contributed by atoms with Crippen molar-refractivity contribution in [3.8, 4) is 17.0 Å². The van der Waals surface area contributed by atoms with Gasteiger partial charge in [0.2, 0.25) is 0 Å². The molecule has 0 aliphatic carbocycles. The maximum Gasteiger partial charge on any atom is 0.151 e. The van der Waals surface area contributed by atoms with Gasteiger partial charge in [-0.15, -0.1) is 0 Å². The second-order valence-electron chi connectivity index (χ2n) is 5.17. The molecule has 1 N–H and O–H groups in total. The molecule has 2 heterocycles. The Bertz CT molecular complexity index is 562. The summed E-state index contributed by atoms with van der Waals surface area (Å²) in [5.74, 6) is 4.24. The van der Waals surface area contributed by atoms with Gasteiger partial charge in [-0.2, -0.15) is 11.8 Å². The first-order chi connectivity index (χ1) is 10.3. The van der Waals surface area contributed by atoms with Crippen LogP contribution in [0.1, 0.15) is 18.6 Å². The van der Waals surface area contributed by atoms with E-state index in [0.717, 1.165) is 29.3 Å². The first-order valence-corrected chi connectivity index (χ1v) is 8.42. The molecule has 2 aromatic rings. The van der Waals surface area contributed by atoms with E-state index in [1.807, 2.05) is 42.1 Å². The van der Waals surface area contributed by atoms with Crippen molar-refractivity contribution in [2.45, 2.75) is 25.4 Å². The van der Waals surface area contributed by atoms with Gasteiger partial charge in [-0.25, -0.2) is 0 Å². The van der Waals surface area contributed by atoms with Gasteiger partial charge in [0.25, 0.3) is 0 Å². The van der Waals surface area contributed by atoms with E-state index >= 15 is 0 Å². The number of nitrogens with zero attached hydrogens (tertiary/aromatic N) is 1. The van der Waals surface area contributed by atoms with Crippen molar-refractivity contribution in [2.24, 2.45) is 0 Å². The van der Waals surface area contributed by atoms with E-state index in [-0.39, 0.29) is 0 Å². The second-order valence-corrected chi connectivity index (χ2v) is 6.40. The van der Waals surface area contributed by atoms with Crippen LogP contribution in [-0.2, 0) is 6.54 Å². The summed E-state index contributed by atoms with van der Waals surface area (Å²) < 4.78 is 10.6. The van der Waals surface area contributed by atoms with Crippen LogP contribution in [-0.4, -0.2) is 29.8 Å². The van der Waals surface area contributed by atoms with Gasteiger partial charge in [0, 0.05) is 17.7 Å². The molecule has 3 rings (SSSR count). The Morgan fingerprint density at radius 1 is 1.29 bits per heavy atom. The summed E-state index contributed by atoms with van der Waals surface area (Å²) in [7, 11) is 1.67. The average molecular weight is 304 g/mol. The highest BCUT2D eigenvalue weighted by molar-refractivity contribution is 7.99. The van der Waals surface area contributed by atoms with Gasteiger partial charge in [0.05, 0.1) is 13.7 Å². The molecule has 1 aliphatic rings. The first kappa shape index (κ1) is 14.5. The van der Waals surface area contributed by atoms with Crippen molar-refractivity contribution in [1.29, 1.82) is 0 Å². The number of methoxy groups -OCH3 is 1. The molecular formula is C16H20N2O2S. The van der Waals surface area contributed by atoms with Crippen molar-refractivity contribution in [1.82, 2.24) is 10.5 Å². The van der Waals surface area contributed by atoms with E-state index < -0.39 is 0 Å². The fraction of sp³-hybridized carbons (Fsp3) is 0.438. The van der Waals surface area contributed by atoms with E-state index in [2.05, 4.69) is 10.5 Å². The lowest BCUT2D eigenvalue weighted by Gasteiger charge is -2.21. The molecule has 112 valence electrons. The number of nitrogens with one attached hydrogen (secondary N) is 1. The summed E-state index contributed by atoms with van der Waals surface area (Å²) in [6, 6.07) is 10.5. The van der Waals surface area contributed by atoms with Crippen LogP contribution in [0.25, 0.3) is 11.3 Å².